The monoisotopic (exact) mass is 333 g/mol. The summed E-state index contributed by atoms with van der Waals surface area (Å²) in [5, 5.41) is 11.6. The number of aliphatic carboxylic acids is 1. The highest BCUT2D eigenvalue weighted by Crippen LogP contribution is 2.40. The number of amides is 2. The van der Waals surface area contributed by atoms with Crippen LogP contribution in [0.4, 0.5) is 0 Å². The molecule has 7 nitrogen and oxygen atoms in total. The van der Waals surface area contributed by atoms with E-state index in [0.29, 0.717) is 11.3 Å². The molecule has 1 aromatic heterocycles. The second-order valence-electron chi connectivity index (χ2n) is 5.43. The number of carbonyl (C=O) groups excluding carboxylic acids is 2. The summed E-state index contributed by atoms with van der Waals surface area (Å²) in [6.07, 6.45) is 3.35. The van der Waals surface area contributed by atoms with E-state index in [-0.39, 0.29) is 29.3 Å². The molecule has 0 aliphatic carbocycles. The van der Waals surface area contributed by atoms with Gasteiger partial charge in [-0.1, -0.05) is 6.07 Å². The van der Waals surface area contributed by atoms with Crippen LogP contribution in [0.5, 0.6) is 0 Å². The predicted molar refractivity (Wildman–Crippen MR) is 83.3 cm³/mol. The number of pyridine rings is 1. The van der Waals surface area contributed by atoms with Crippen molar-refractivity contribution in [2.75, 3.05) is 5.75 Å². The number of nitrogens with zero attached hydrogens (tertiary/aromatic N) is 2. The number of aromatic nitrogens is 1. The molecule has 0 radical (unpaired) electrons. The Labute approximate surface area is 136 Å². The number of hydrogen-bond acceptors (Lipinski definition) is 5. The molecule has 2 aliphatic heterocycles. The topological polar surface area (TPSA) is 99.6 Å². The van der Waals surface area contributed by atoms with Gasteiger partial charge in [-0.25, -0.2) is 4.79 Å². The zero-order valence-corrected chi connectivity index (χ0v) is 13.2. The molecule has 1 unspecified atom stereocenters. The Kier molecular flexibility index (Phi) is 4.08. The Morgan fingerprint density at radius 2 is 2.30 bits per heavy atom. The van der Waals surface area contributed by atoms with Gasteiger partial charge >= 0.3 is 5.97 Å². The van der Waals surface area contributed by atoms with Crippen molar-refractivity contribution < 1.29 is 19.5 Å². The summed E-state index contributed by atoms with van der Waals surface area (Å²) in [6.45, 7) is 1.70. The van der Waals surface area contributed by atoms with Crippen LogP contribution in [0.1, 0.15) is 12.5 Å². The van der Waals surface area contributed by atoms with E-state index in [9.17, 15) is 19.5 Å². The third-order valence-corrected chi connectivity index (χ3v) is 5.19. The summed E-state index contributed by atoms with van der Waals surface area (Å²) < 4.78 is 0. The van der Waals surface area contributed by atoms with Crippen molar-refractivity contribution in [1.29, 1.82) is 0 Å². The number of carboxylic acid groups (broad SMARTS) is 1. The summed E-state index contributed by atoms with van der Waals surface area (Å²) in [4.78, 5) is 40.8. The lowest BCUT2D eigenvalue weighted by Gasteiger charge is -2.49. The maximum atomic E-state index is 12.2. The molecule has 120 valence electrons. The third kappa shape index (κ3) is 2.81. The van der Waals surface area contributed by atoms with Gasteiger partial charge in [0.2, 0.25) is 5.91 Å². The van der Waals surface area contributed by atoms with E-state index >= 15 is 0 Å². The first-order chi connectivity index (χ1) is 11.0. The first-order valence-corrected chi connectivity index (χ1v) is 8.10. The highest BCUT2D eigenvalue weighted by atomic mass is 32.2. The Hall–Kier alpha value is -2.35. The van der Waals surface area contributed by atoms with E-state index in [1.807, 2.05) is 0 Å². The Morgan fingerprint density at radius 1 is 1.52 bits per heavy atom. The van der Waals surface area contributed by atoms with E-state index in [0.717, 1.165) is 5.56 Å². The number of fused-ring (bicyclic) bond motifs is 1. The normalized spacial score (nSPS) is 23.2. The average molecular weight is 333 g/mol. The summed E-state index contributed by atoms with van der Waals surface area (Å²) in [5.74, 6) is -1.23. The molecule has 0 bridgehead atoms. The molecule has 1 fully saturated rings. The van der Waals surface area contributed by atoms with E-state index in [1.165, 1.54) is 16.7 Å². The molecule has 23 heavy (non-hydrogen) atoms. The minimum Gasteiger partial charge on any atom is -0.477 e. The maximum Gasteiger partial charge on any atom is 0.352 e. The molecule has 2 atom stereocenters. The van der Waals surface area contributed by atoms with Gasteiger partial charge in [0.25, 0.3) is 5.91 Å². The van der Waals surface area contributed by atoms with Gasteiger partial charge in [-0.15, -0.1) is 11.8 Å². The van der Waals surface area contributed by atoms with Gasteiger partial charge in [-0.2, -0.15) is 0 Å². The lowest BCUT2D eigenvalue weighted by Crippen LogP contribution is -2.70. The van der Waals surface area contributed by atoms with Gasteiger partial charge in [-0.3, -0.25) is 19.5 Å². The van der Waals surface area contributed by atoms with Crippen LogP contribution in [-0.2, 0) is 20.8 Å². The van der Waals surface area contributed by atoms with Crippen molar-refractivity contribution in [2.45, 2.75) is 24.8 Å². The highest BCUT2D eigenvalue weighted by Gasteiger charge is 2.53. The second-order valence-corrected chi connectivity index (χ2v) is 6.53. The number of nitrogens with one attached hydrogen (secondary N) is 1. The van der Waals surface area contributed by atoms with Crippen molar-refractivity contribution >= 4 is 29.5 Å². The number of rotatable bonds is 4. The molecule has 2 amide bonds. The standard InChI is InChI=1S/C15H15N3O4S/c1-8-7-23-14-11(13(20)18(14)12(8)15(21)22)17-10(19)5-9-3-2-4-16-6-9/h2-4,6,11,14H,5,7H2,1H3,(H,17,19)(H,21,22)/t11?,14-/m0/s1. The Balaban J connectivity index is 1.67. The molecule has 3 heterocycles. The Bertz CT molecular complexity index is 704. The number of carboxylic acids is 1. The lowest BCUT2D eigenvalue weighted by atomic mass is 10.0. The summed E-state index contributed by atoms with van der Waals surface area (Å²) in [6, 6.07) is 2.85. The summed E-state index contributed by atoms with van der Waals surface area (Å²) in [7, 11) is 0. The SMILES string of the molecule is CC1=C(C(=O)O)N2C(=O)C(NC(=O)Cc3cccnc3)[C@@H]2SC1. The fourth-order valence-corrected chi connectivity index (χ4v) is 3.98. The first-order valence-electron chi connectivity index (χ1n) is 7.05. The second kappa shape index (κ2) is 6.04. The molecule has 2 N–H and O–H groups in total. The minimum absolute atomic E-state index is 0.0384. The van der Waals surface area contributed by atoms with Gasteiger partial charge < -0.3 is 10.4 Å². The highest BCUT2D eigenvalue weighted by molar-refractivity contribution is 8.00. The first kappa shape index (κ1) is 15.5. The molecule has 1 saturated heterocycles. The lowest BCUT2D eigenvalue weighted by molar-refractivity contribution is -0.150. The predicted octanol–water partition coefficient (Wildman–Crippen LogP) is 0.383. The molecule has 0 spiro atoms. The quantitative estimate of drug-likeness (QED) is 0.773. The van der Waals surface area contributed by atoms with Crippen LogP contribution in [-0.4, -0.2) is 49.9 Å². The molecule has 3 rings (SSSR count). The van der Waals surface area contributed by atoms with Gasteiger partial charge in [0.15, 0.2) is 0 Å². The summed E-state index contributed by atoms with van der Waals surface area (Å²) in [5.41, 5.74) is 1.45. The van der Waals surface area contributed by atoms with Crippen LogP contribution in [0, 0.1) is 0 Å². The Morgan fingerprint density at radius 3 is 2.96 bits per heavy atom. The van der Waals surface area contributed by atoms with Gasteiger partial charge in [0.05, 0.1) is 6.42 Å². The van der Waals surface area contributed by atoms with Crippen LogP contribution in [0.3, 0.4) is 0 Å². The van der Waals surface area contributed by atoms with Crippen LogP contribution >= 0.6 is 11.8 Å². The minimum atomic E-state index is -1.11. The fraction of sp³-hybridized carbons (Fsp3) is 0.333. The zero-order valence-electron chi connectivity index (χ0n) is 12.4. The smallest absolute Gasteiger partial charge is 0.352 e. The summed E-state index contributed by atoms with van der Waals surface area (Å²) >= 11 is 1.46. The van der Waals surface area contributed by atoms with Gasteiger partial charge in [-0.05, 0) is 24.1 Å². The molecule has 2 aliphatic rings. The molecule has 8 heteroatoms. The van der Waals surface area contributed by atoms with Crippen molar-refractivity contribution in [2.24, 2.45) is 0 Å². The number of hydrogen-bond donors (Lipinski definition) is 2. The van der Waals surface area contributed by atoms with Gasteiger partial charge in [0.1, 0.15) is 17.1 Å². The largest absolute Gasteiger partial charge is 0.477 e. The van der Waals surface area contributed by atoms with Crippen molar-refractivity contribution in [3.63, 3.8) is 0 Å². The van der Waals surface area contributed by atoms with Crippen molar-refractivity contribution in [3.8, 4) is 0 Å². The number of thioether (sulfide) groups is 1. The molecule has 0 aromatic carbocycles. The third-order valence-electron chi connectivity index (χ3n) is 3.77. The fourth-order valence-electron chi connectivity index (χ4n) is 2.69. The van der Waals surface area contributed by atoms with Gasteiger partial charge in [0, 0.05) is 18.1 Å². The van der Waals surface area contributed by atoms with E-state index in [1.54, 1.807) is 31.5 Å². The van der Waals surface area contributed by atoms with E-state index < -0.39 is 12.0 Å². The zero-order chi connectivity index (χ0) is 16.6. The molecular weight excluding hydrogens is 318 g/mol. The van der Waals surface area contributed by atoms with Crippen molar-refractivity contribution in [1.82, 2.24) is 15.2 Å². The molecular formula is C15H15N3O4S. The van der Waals surface area contributed by atoms with Crippen LogP contribution in [0.25, 0.3) is 0 Å². The number of carbonyl (C=O) groups is 3. The average Bonchev–Trinajstić information content (AvgIpc) is 2.53. The van der Waals surface area contributed by atoms with Crippen LogP contribution < -0.4 is 5.32 Å². The maximum absolute atomic E-state index is 12.2. The van der Waals surface area contributed by atoms with Crippen molar-refractivity contribution in [3.05, 3.63) is 41.4 Å². The molecule has 1 aromatic rings. The van der Waals surface area contributed by atoms with E-state index in [2.05, 4.69) is 10.3 Å². The number of β-lactam (4-membered cyclic amide) rings is 1. The molecule has 0 saturated carbocycles. The van der Waals surface area contributed by atoms with E-state index in [4.69, 9.17) is 0 Å². The van der Waals surface area contributed by atoms with Crippen LogP contribution in [0.15, 0.2) is 35.8 Å². The van der Waals surface area contributed by atoms with Crippen LogP contribution in [0.2, 0.25) is 0 Å².